The lowest BCUT2D eigenvalue weighted by Gasteiger charge is -2.07. The third-order valence-corrected chi connectivity index (χ3v) is 2.19. The van der Waals surface area contributed by atoms with Crippen LogP contribution in [0.1, 0.15) is 12.0 Å². The summed E-state index contributed by atoms with van der Waals surface area (Å²) in [5, 5.41) is 0. The smallest absolute Gasteiger partial charge is 0.122 e. The molecule has 2 nitrogen and oxygen atoms in total. The summed E-state index contributed by atoms with van der Waals surface area (Å²) < 4.78 is 10.9. The van der Waals surface area contributed by atoms with Gasteiger partial charge in [0.1, 0.15) is 12.4 Å². The zero-order valence-electron chi connectivity index (χ0n) is 7.66. The second-order valence-corrected chi connectivity index (χ2v) is 3.17. The topological polar surface area (TPSA) is 18.5 Å². The van der Waals surface area contributed by atoms with Gasteiger partial charge in [-0.3, -0.25) is 0 Å². The molecular formula is C11H14O2. The number of hydrogen-bond donors (Lipinski definition) is 0. The summed E-state index contributed by atoms with van der Waals surface area (Å²) in [4.78, 5) is 0. The SMILES string of the molecule is c1ccc2c(c1)CCCOCCO2. The predicted molar refractivity (Wildman–Crippen MR) is 51.1 cm³/mol. The first-order valence-corrected chi connectivity index (χ1v) is 4.75. The fourth-order valence-corrected chi connectivity index (χ4v) is 1.53. The third kappa shape index (κ3) is 2.22. The van der Waals surface area contributed by atoms with E-state index in [0.29, 0.717) is 13.2 Å². The fourth-order valence-electron chi connectivity index (χ4n) is 1.53. The first-order chi connectivity index (χ1) is 6.47. The van der Waals surface area contributed by atoms with Crippen molar-refractivity contribution in [2.45, 2.75) is 12.8 Å². The molecule has 1 aromatic carbocycles. The van der Waals surface area contributed by atoms with Crippen molar-refractivity contribution in [1.29, 1.82) is 0 Å². The molecule has 1 aromatic rings. The van der Waals surface area contributed by atoms with Crippen LogP contribution in [0.4, 0.5) is 0 Å². The molecule has 0 aromatic heterocycles. The van der Waals surface area contributed by atoms with Crippen molar-refractivity contribution in [2.24, 2.45) is 0 Å². The molecule has 2 heteroatoms. The highest BCUT2D eigenvalue weighted by molar-refractivity contribution is 5.33. The van der Waals surface area contributed by atoms with Crippen LogP contribution >= 0.6 is 0 Å². The molecule has 1 heterocycles. The first-order valence-electron chi connectivity index (χ1n) is 4.75. The maximum atomic E-state index is 5.58. The number of benzene rings is 1. The van der Waals surface area contributed by atoms with E-state index in [1.807, 2.05) is 12.1 Å². The second-order valence-electron chi connectivity index (χ2n) is 3.17. The maximum Gasteiger partial charge on any atom is 0.122 e. The lowest BCUT2D eigenvalue weighted by molar-refractivity contribution is 0.103. The van der Waals surface area contributed by atoms with Gasteiger partial charge in [0.15, 0.2) is 0 Å². The van der Waals surface area contributed by atoms with Gasteiger partial charge in [-0.15, -0.1) is 0 Å². The maximum absolute atomic E-state index is 5.58. The Kier molecular flexibility index (Phi) is 2.82. The number of aryl methyl sites for hydroxylation is 1. The summed E-state index contributed by atoms with van der Waals surface area (Å²) >= 11 is 0. The molecule has 0 N–H and O–H groups in total. The summed E-state index contributed by atoms with van der Waals surface area (Å²) in [6, 6.07) is 8.22. The summed E-state index contributed by atoms with van der Waals surface area (Å²) in [6.45, 7) is 2.21. The first kappa shape index (κ1) is 8.57. The van der Waals surface area contributed by atoms with Crippen LogP contribution in [-0.4, -0.2) is 19.8 Å². The monoisotopic (exact) mass is 178 g/mol. The lowest BCUT2D eigenvalue weighted by Crippen LogP contribution is -2.05. The zero-order chi connectivity index (χ0) is 8.93. The van der Waals surface area contributed by atoms with Gasteiger partial charge in [0, 0.05) is 6.61 Å². The zero-order valence-corrected chi connectivity index (χ0v) is 7.66. The van der Waals surface area contributed by atoms with Crippen molar-refractivity contribution >= 4 is 0 Å². The molecule has 1 aliphatic heterocycles. The van der Waals surface area contributed by atoms with Crippen molar-refractivity contribution in [2.75, 3.05) is 19.8 Å². The van der Waals surface area contributed by atoms with Crippen LogP contribution < -0.4 is 4.74 Å². The van der Waals surface area contributed by atoms with E-state index in [1.54, 1.807) is 0 Å². The molecule has 0 saturated carbocycles. The third-order valence-electron chi connectivity index (χ3n) is 2.19. The predicted octanol–water partition coefficient (Wildman–Crippen LogP) is 2.03. The van der Waals surface area contributed by atoms with Crippen LogP contribution in [0.3, 0.4) is 0 Å². The highest BCUT2D eigenvalue weighted by atomic mass is 16.5. The molecule has 1 aliphatic rings. The quantitative estimate of drug-likeness (QED) is 0.605. The van der Waals surface area contributed by atoms with Gasteiger partial charge < -0.3 is 9.47 Å². The summed E-state index contributed by atoms with van der Waals surface area (Å²) in [5.74, 6) is 1.02. The van der Waals surface area contributed by atoms with Crippen molar-refractivity contribution in [3.8, 4) is 5.75 Å². The highest BCUT2D eigenvalue weighted by Crippen LogP contribution is 2.20. The van der Waals surface area contributed by atoms with E-state index >= 15 is 0 Å². The Morgan fingerprint density at radius 1 is 1.00 bits per heavy atom. The molecule has 0 fully saturated rings. The molecule has 0 amide bonds. The van der Waals surface area contributed by atoms with E-state index in [4.69, 9.17) is 9.47 Å². The highest BCUT2D eigenvalue weighted by Gasteiger charge is 2.04. The normalized spacial score (nSPS) is 17.5. The molecule has 2 rings (SSSR count). The molecule has 0 spiro atoms. The molecule has 0 unspecified atom stereocenters. The van der Waals surface area contributed by atoms with E-state index in [2.05, 4.69) is 12.1 Å². The standard InChI is InChI=1S/C11H14O2/c1-2-6-11-10(4-1)5-3-7-12-8-9-13-11/h1-2,4,6H,3,5,7-9H2. The van der Waals surface area contributed by atoms with Crippen molar-refractivity contribution in [1.82, 2.24) is 0 Å². The van der Waals surface area contributed by atoms with Crippen LogP contribution in [0.25, 0.3) is 0 Å². The van der Waals surface area contributed by atoms with Gasteiger partial charge in [-0.05, 0) is 24.5 Å². The molecule has 70 valence electrons. The number of para-hydroxylation sites is 1. The molecule has 0 aliphatic carbocycles. The molecule has 0 saturated heterocycles. The molecule has 13 heavy (non-hydrogen) atoms. The van der Waals surface area contributed by atoms with E-state index in [1.165, 1.54) is 5.56 Å². The molecular weight excluding hydrogens is 164 g/mol. The minimum absolute atomic E-state index is 0.664. The van der Waals surface area contributed by atoms with Crippen LogP contribution in [0, 0.1) is 0 Å². The number of ether oxygens (including phenoxy) is 2. The minimum atomic E-state index is 0.664. The lowest BCUT2D eigenvalue weighted by atomic mass is 10.1. The average Bonchev–Trinajstić information content (AvgIpc) is 2.28. The Bertz CT molecular complexity index is 244. The Hall–Kier alpha value is -1.02. The van der Waals surface area contributed by atoms with Crippen LogP contribution in [-0.2, 0) is 11.2 Å². The molecule has 0 bridgehead atoms. The number of rotatable bonds is 0. The molecule has 0 radical (unpaired) electrons. The Morgan fingerprint density at radius 2 is 1.92 bits per heavy atom. The molecule has 0 atom stereocenters. The average molecular weight is 178 g/mol. The Morgan fingerprint density at radius 3 is 2.92 bits per heavy atom. The van der Waals surface area contributed by atoms with Crippen LogP contribution in [0.5, 0.6) is 5.75 Å². The Labute approximate surface area is 78.5 Å². The van der Waals surface area contributed by atoms with E-state index in [-0.39, 0.29) is 0 Å². The van der Waals surface area contributed by atoms with Gasteiger partial charge in [-0.1, -0.05) is 18.2 Å². The number of fused-ring (bicyclic) bond motifs is 1. The van der Waals surface area contributed by atoms with Gasteiger partial charge in [0.2, 0.25) is 0 Å². The van der Waals surface area contributed by atoms with E-state index < -0.39 is 0 Å². The summed E-state index contributed by atoms with van der Waals surface area (Å²) in [5.41, 5.74) is 1.30. The van der Waals surface area contributed by atoms with Crippen LogP contribution in [0.2, 0.25) is 0 Å². The second kappa shape index (κ2) is 4.28. The van der Waals surface area contributed by atoms with Crippen molar-refractivity contribution in [3.05, 3.63) is 29.8 Å². The van der Waals surface area contributed by atoms with E-state index in [9.17, 15) is 0 Å². The Balaban J connectivity index is 2.17. The van der Waals surface area contributed by atoms with Gasteiger partial charge in [0.05, 0.1) is 6.61 Å². The largest absolute Gasteiger partial charge is 0.491 e. The minimum Gasteiger partial charge on any atom is -0.491 e. The van der Waals surface area contributed by atoms with Gasteiger partial charge >= 0.3 is 0 Å². The summed E-state index contributed by atoms with van der Waals surface area (Å²) in [7, 11) is 0. The van der Waals surface area contributed by atoms with Gasteiger partial charge in [0.25, 0.3) is 0 Å². The fraction of sp³-hybridized carbons (Fsp3) is 0.455. The number of hydrogen-bond acceptors (Lipinski definition) is 2. The van der Waals surface area contributed by atoms with Gasteiger partial charge in [-0.25, -0.2) is 0 Å². The van der Waals surface area contributed by atoms with Crippen LogP contribution in [0.15, 0.2) is 24.3 Å². The van der Waals surface area contributed by atoms with Gasteiger partial charge in [-0.2, -0.15) is 0 Å². The van der Waals surface area contributed by atoms with Crippen molar-refractivity contribution in [3.63, 3.8) is 0 Å². The van der Waals surface area contributed by atoms with E-state index in [0.717, 1.165) is 25.2 Å². The summed E-state index contributed by atoms with van der Waals surface area (Å²) in [6.07, 6.45) is 2.14. The van der Waals surface area contributed by atoms with Crippen molar-refractivity contribution < 1.29 is 9.47 Å².